The van der Waals surface area contributed by atoms with Crippen molar-refractivity contribution in [2.24, 2.45) is 5.92 Å². The van der Waals surface area contributed by atoms with E-state index in [-0.39, 0.29) is 24.3 Å². The molecule has 20 heavy (non-hydrogen) atoms. The van der Waals surface area contributed by atoms with Gasteiger partial charge in [-0.05, 0) is 20.3 Å². The molecule has 1 N–H and O–H groups in total. The molecule has 3 atom stereocenters. The fraction of sp³-hybridized carbons (Fsp3) is 0.786. The van der Waals surface area contributed by atoms with E-state index >= 15 is 0 Å². The van der Waals surface area contributed by atoms with E-state index in [1.165, 1.54) is 18.9 Å². The number of nitrogens with zero attached hydrogens (tertiary/aromatic N) is 2. The lowest BCUT2D eigenvalue weighted by Crippen LogP contribution is -2.44. The van der Waals surface area contributed by atoms with Gasteiger partial charge in [-0.2, -0.15) is 0 Å². The first kappa shape index (κ1) is 16.5. The van der Waals surface area contributed by atoms with Gasteiger partial charge >= 0.3 is 5.97 Å². The van der Waals surface area contributed by atoms with Gasteiger partial charge in [0, 0.05) is 26.1 Å². The third kappa shape index (κ3) is 3.49. The quantitative estimate of drug-likeness (QED) is 0.788. The van der Waals surface area contributed by atoms with Gasteiger partial charge in [0.25, 0.3) is 0 Å². The van der Waals surface area contributed by atoms with E-state index in [1.54, 1.807) is 4.90 Å². The number of carboxylic acids is 1. The SMILES string of the molecule is CCCC(C)N1CC(C(=O)N(C)C(C)C(=O)O)CC1=O. The summed E-state index contributed by atoms with van der Waals surface area (Å²) < 4.78 is 0. The molecule has 3 unspecified atom stereocenters. The van der Waals surface area contributed by atoms with Crippen molar-refractivity contribution < 1.29 is 19.5 Å². The van der Waals surface area contributed by atoms with Crippen LogP contribution in [0.15, 0.2) is 0 Å². The number of carbonyl (C=O) groups excluding carboxylic acids is 2. The van der Waals surface area contributed by atoms with Gasteiger partial charge < -0.3 is 14.9 Å². The highest BCUT2D eigenvalue weighted by atomic mass is 16.4. The molecule has 0 aromatic carbocycles. The van der Waals surface area contributed by atoms with Crippen molar-refractivity contribution in [1.29, 1.82) is 0 Å². The topological polar surface area (TPSA) is 77.9 Å². The Morgan fingerprint density at radius 3 is 2.55 bits per heavy atom. The van der Waals surface area contributed by atoms with Gasteiger partial charge in [-0.15, -0.1) is 0 Å². The molecule has 0 saturated carbocycles. The molecule has 1 aliphatic heterocycles. The van der Waals surface area contributed by atoms with Gasteiger partial charge in [-0.25, -0.2) is 4.79 Å². The molecule has 114 valence electrons. The number of carboxylic acid groups (broad SMARTS) is 1. The van der Waals surface area contributed by atoms with Crippen LogP contribution in [-0.4, -0.2) is 58.4 Å². The summed E-state index contributed by atoms with van der Waals surface area (Å²) in [5, 5.41) is 8.94. The van der Waals surface area contributed by atoms with E-state index in [0.717, 1.165) is 12.8 Å². The fourth-order valence-electron chi connectivity index (χ4n) is 2.54. The maximum absolute atomic E-state index is 12.2. The molecule has 0 radical (unpaired) electrons. The van der Waals surface area contributed by atoms with Crippen molar-refractivity contribution in [3.8, 4) is 0 Å². The Morgan fingerprint density at radius 1 is 1.45 bits per heavy atom. The summed E-state index contributed by atoms with van der Waals surface area (Å²) in [5.74, 6) is -1.74. The summed E-state index contributed by atoms with van der Waals surface area (Å²) in [4.78, 5) is 38.1. The largest absolute Gasteiger partial charge is 0.480 e. The van der Waals surface area contributed by atoms with Crippen LogP contribution in [0, 0.1) is 5.92 Å². The lowest BCUT2D eigenvalue weighted by Gasteiger charge is -2.26. The zero-order valence-electron chi connectivity index (χ0n) is 12.6. The number of hydrogen-bond acceptors (Lipinski definition) is 3. The van der Waals surface area contributed by atoms with E-state index in [1.807, 2.05) is 6.92 Å². The third-order valence-corrected chi connectivity index (χ3v) is 4.03. The smallest absolute Gasteiger partial charge is 0.326 e. The Kier molecular flexibility index (Phi) is 5.53. The number of aliphatic carboxylic acids is 1. The zero-order valence-corrected chi connectivity index (χ0v) is 12.6. The summed E-state index contributed by atoms with van der Waals surface area (Å²) in [5.41, 5.74) is 0. The van der Waals surface area contributed by atoms with Crippen LogP contribution in [0.3, 0.4) is 0 Å². The number of hydrogen-bond donors (Lipinski definition) is 1. The maximum Gasteiger partial charge on any atom is 0.326 e. The predicted octanol–water partition coefficient (Wildman–Crippen LogP) is 0.955. The molecule has 0 aromatic rings. The monoisotopic (exact) mass is 284 g/mol. The van der Waals surface area contributed by atoms with Gasteiger partial charge in [-0.3, -0.25) is 9.59 Å². The van der Waals surface area contributed by atoms with Crippen LogP contribution in [-0.2, 0) is 14.4 Å². The number of rotatable bonds is 6. The number of carbonyl (C=O) groups is 3. The van der Waals surface area contributed by atoms with Crippen molar-refractivity contribution in [1.82, 2.24) is 9.80 Å². The molecule has 1 heterocycles. The molecule has 1 aliphatic rings. The molecule has 0 aromatic heterocycles. The number of amides is 2. The normalized spacial score (nSPS) is 21.7. The van der Waals surface area contributed by atoms with Crippen molar-refractivity contribution in [2.75, 3.05) is 13.6 Å². The molecule has 6 nitrogen and oxygen atoms in total. The summed E-state index contributed by atoms with van der Waals surface area (Å²) >= 11 is 0. The van der Waals surface area contributed by atoms with Gasteiger partial charge in [0.1, 0.15) is 6.04 Å². The van der Waals surface area contributed by atoms with Gasteiger partial charge in [0.2, 0.25) is 11.8 Å². The van der Waals surface area contributed by atoms with Crippen LogP contribution >= 0.6 is 0 Å². The molecule has 0 aliphatic carbocycles. The summed E-state index contributed by atoms with van der Waals surface area (Å²) in [7, 11) is 1.48. The van der Waals surface area contributed by atoms with Crippen LogP contribution in [0.1, 0.15) is 40.0 Å². The van der Waals surface area contributed by atoms with E-state index in [0.29, 0.717) is 6.54 Å². The first-order valence-electron chi connectivity index (χ1n) is 7.08. The molecule has 6 heteroatoms. The Morgan fingerprint density at radius 2 is 2.05 bits per heavy atom. The maximum atomic E-state index is 12.2. The summed E-state index contributed by atoms with van der Waals surface area (Å²) in [6.45, 7) is 5.91. The van der Waals surface area contributed by atoms with Gasteiger partial charge in [0.05, 0.1) is 5.92 Å². The Bertz CT molecular complexity index is 397. The average molecular weight is 284 g/mol. The molecule has 0 spiro atoms. The Labute approximate surface area is 119 Å². The van der Waals surface area contributed by atoms with Crippen molar-refractivity contribution in [2.45, 2.75) is 52.1 Å². The van der Waals surface area contributed by atoms with E-state index < -0.39 is 17.9 Å². The summed E-state index contributed by atoms with van der Waals surface area (Å²) in [6.07, 6.45) is 2.08. The molecule has 1 fully saturated rings. The van der Waals surface area contributed by atoms with Crippen LogP contribution < -0.4 is 0 Å². The third-order valence-electron chi connectivity index (χ3n) is 4.03. The lowest BCUT2D eigenvalue weighted by molar-refractivity contribution is -0.149. The average Bonchev–Trinajstić information content (AvgIpc) is 2.78. The van der Waals surface area contributed by atoms with E-state index in [9.17, 15) is 14.4 Å². The first-order valence-corrected chi connectivity index (χ1v) is 7.08. The Hall–Kier alpha value is -1.59. The van der Waals surface area contributed by atoms with Crippen LogP contribution in [0.4, 0.5) is 0 Å². The zero-order chi connectivity index (χ0) is 15.4. The standard InChI is InChI=1S/C14H24N2O4/c1-5-6-9(2)16-8-11(7-12(16)17)13(18)15(4)10(3)14(19)20/h9-11H,5-8H2,1-4H3,(H,19,20). The van der Waals surface area contributed by atoms with E-state index in [2.05, 4.69) is 6.92 Å². The fourth-order valence-corrected chi connectivity index (χ4v) is 2.54. The minimum atomic E-state index is -1.04. The lowest BCUT2D eigenvalue weighted by atomic mass is 10.1. The molecular formula is C14H24N2O4. The van der Waals surface area contributed by atoms with E-state index in [4.69, 9.17) is 5.11 Å². The van der Waals surface area contributed by atoms with Crippen molar-refractivity contribution in [3.63, 3.8) is 0 Å². The van der Waals surface area contributed by atoms with Crippen molar-refractivity contribution in [3.05, 3.63) is 0 Å². The van der Waals surface area contributed by atoms with Gasteiger partial charge in [-0.1, -0.05) is 13.3 Å². The van der Waals surface area contributed by atoms with Crippen LogP contribution in [0.5, 0.6) is 0 Å². The number of likely N-dealkylation sites (N-methyl/N-ethyl adjacent to an activating group) is 1. The molecular weight excluding hydrogens is 260 g/mol. The minimum absolute atomic E-state index is 0.0133. The first-order chi connectivity index (χ1) is 9.29. The number of likely N-dealkylation sites (tertiary alicyclic amines) is 1. The summed E-state index contributed by atoms with van der Waals surface area (Å²) in [6, 6.07) is -0.743. The highest BCUT2D eigenvalue weighted by Crippen LogP contribution is 2.24. The minimum Gasteiger partial charge on any atom is -0.480 e. The highest BCUT2D eigenvalue weighted by molar-refractivity contribution is 5.91. The van der Waals surface area contributed by atoms with Crippen LogP contribution in [0.25, 0.3) is 0 Å². The van der Waals surface area contributed by atoms with Gasteiger partial charge in [0.15, 0.2) is 0 Å². The molecule has 1 rings (SSSR count). The Balaban J connectivity index is 2.68. The predicted molar refractivity (Wildman–Crippen MR) is 74.1 cm³/mol. The molecule has 2 amide bonds. The van der Waals surface area contributed by atoms with Crippen LogP contribution in [0.2, 0.25) is 0 Å². The second kappa shape index (κ2) is 6.72. The second-order valence-electron chi connectivity index (χ2n) is 5.55. The molecule has 0 bridgehead atoms. The van der Waals surface area contributed by atoms with Crippen molar-refractivity contribution >= 4 is 17.8 Å². The second-order valence-corrected chi connectivity index (χ2v) is 5.55. The molecule has 1 saturated heterocycles. The highest BCUT2D eigenvalue weighted by Gasteiger charge is 2.38.